The lowest BCUT2D eigenvalue weighted by molar-refractivity contribution is 0.567. The summed E-state index contributed by atoms with van der Waals surface area (Å²) < 4.78 is 0. The van der Waals surface area contributed by atoms with Crippen LogP contribution in [0.25, 0.3) is 0 Å². The third-order valence-electron chi connectivity index (χ3n) is 3.44. The topological polar surface area (TPSA) is 12.9 Å². The lowest BCUT2D eigenvalue weighted by atomic mass is 9.78. The van der Waals surface area contributed by atoms with E-state index < -0.39 is 0 Å². The molecule has 1 aromatic carbocycles. The van der Waals surface area contributed by atoms with Gasteiger partial charge in [0.15, 0.2) is 0 Å². The summed E-state index contributed by atoms with van der Waals surface area (Å²) in [5.74, 6) is 0.548. The van der Waals surface area contributed by atoms with Gasteiger partial charge in [0.05, 0.1) is 5.69 Å². The van der Waals surface area contributed by atoms with Crippen molar-refractivity contribution in [3.05, 3.63) is 51.5 Å². The van der Waals surface area contributed by atoms with Crippen molar-refractivity contribution in [3.63, 3.8) is 0 Å². The molecule has 3 rings (SSSR count). The van der Waals surface area contributed by atoms with Crippen LogP contribution in [0, 0.1) is 0 Å². The van der Waals surface area contributed by atoms with Crippen LogP contribution in [-0.2, 0) is 11.8 Å². The van der Waals surface area contributed by atoms with Crippen LogP contribution in [-0.4, -0.2) is 4.98 Å². The molecule has 1 heterocycles. The maximum Gasteiger partial charge on any atom is 0.101 e. The van der Waals surface area contributed by atoms with Crippen molar-refractivity contribution in [3.8, 4) is 0 Å². The average Bonchev–Trinajstić information content (AvgIpc) is 2.68. The van der Waals surface area contributed by atoms with Crippen LogP contribution in [0.3, 0.4) is 0 Å². The number of nitrogens with zero attached hydrogens (tertiary/aromatic N) is 1. The number of fused-ring (bicyclic) bond motifs is 1. The molecule has 17 heavy (non-hydrogen) atoms. The van der Waals surface area contributed by atoms with Gasteiger partial charge in [-0.05, 0) is 17.5 Å². The first-order valence-corrected chi connectivity index (χ1v) is 6.97. The molecule has 1 aromatic heterocycles. The highest BCUT2D eigenvalue weighted by molar-refractivity contribution is 7.09. The van der Waals surface area contributed by atoms with Crippen LogP contribution < -0.4 is 0 Å². The van der Waals surface area contributed by atoms with Crippen molar-refractivity contribution in [2.45, 2.75) is 38.5 Å². The molecule has 0 saturated carbocycles. The molecule has 1 aliphatic rings. The maximum absolute atomic E-state index is 4.82. The Balaban J connectivity index is 1.91. The Kier molecular flexibility index (Phi) is 2.37. The Morgan fingerprint density at radius 3 is 2.65 bits per heavy atom. The first-order chi connectivity index (χ1) is 8.05. The van der Waals surface area contributed by atoms with Crippen molar-refractivity contribution in [2.24, 2.45) is 0 Å². The van der Waals surface area contributed by atoms with Crippen molar-refractivity contribution < 1.29 is 0 Å². The molecule has 0 amide bonds. The average molecular weight is 243 g/mol. The van der Waals surface area contributed by atoms with E-state index in [2.05, 4.69) is 50.4 Å². The summed E-state index contributed by atoms with van der Waals surface area (Å²) in [6, 6.07) is 8.71. The molecule has 1 unspecified atom stereocenters. The van der Waals surface area contributed by atoms with E-state index in [0.29, 0.717) is 5.92 Å². The highest BCUT2D eigenvalue weighted by Crippen LogP contribution is 2.41. The highest BCUT2D eigenvalue weighted by Gasteiger charge is 2.30. The predicted molar refractivity (Wildman–Crippen MR) is 72.8 cm³/mol. The smallest absolute Gasteiger partial charge is 0.101 e. The Labute approximate surface area is 107 Å². The molecule has 1 aliphatic carbocycles. The molecule has 88 valence electrons. The van der Waals surface area contributed by atoms with Gasteiger partial charge in [0.2, 0.25) is 0 Å². The number of aromatic nitrogens is 1. The second-order valence-corrected chi connectivity index (χ2v) is 6.67. The molecular formula is C15H17NS. The van der Waals surface area contributed by atoms with Crippen LogP contribution in [0.1, 0.15) is 48.5 Å². The maximum atomic E-state index is 4.82. The van der Waals surface area contributed by atoms with Gasteiger partial charge in [0.1, 0.15) is 5.01 Å². The fourth-order valence-corrected chi connectivity index (χ4v) is 3.44. The van der Waals surface area contributed by atoms with Crippen molar-refractivity contribution in [2.75, 3.05) is 0 Å². The van der Waals surface area contributed by atoms with Gasteiger partial charge in [-0.25, -0.2) is 4.98 Å². The van der Waals surface area contributed by atoms with Crippen LogP contribution in [0.2, 0.25) is 0 Å². The van der Waals surface area contributed by atoms with E-state index in [1.165, 1.54) is 21.8 Å². The standard InChI is InChI=1S/C15H17NS/c1-15(2,3)13-9-17-14(16-13)12-8-10-6-4-5-7-11(10)12/h4-7,9,12H,8H2,1-3H3. The summed E-state index contributed by atoms with van der Waals surface area (Å²) in [5, 5.41) is 3.50. The predicted octanol–water partition coefficient (Wildman–Crippen LogP) is 4.13. The quantitative estimate of drug-likeness (QED) is 0.734. The Morgan fingerprint density at radius 1 is 1.24 bits per heavy atom. The van der Waals surface area contributed by atoms with Crippen molar-refractivity contribution in [1.82, 2.24) is 4.98 Å². The van der Waals surface area contributed by atoms with Crippen LogP contribution in [0.5, 0.6) is 0 Å². The molecule has 1 atom stereocenters. The van der Waals surface area contributed by atoms with Gasteiger partial charge in [0, 0.05) is 16.7 Å². The van der Waals surface area contributed by atoms with Crippen molar-refractivity contribution >= 4 is 11.3 Å². The molecule has 0 radical (unpaired) electrons. The molecule has 0 N–H and O–H groups in total. The summed E-state index contributed by atoms with van der Waals surface area (Å²) >= 11 is 1.81. The largest absolute Gasteiger partial charge is 0.245 e. The SMILES string of the molecule is CC(C)(C)c1csc(C2Cc3ccccc32)n1. The van der Waals surface area contributed by atoms with Gasteiger partial charge in [-0.1, -0.05) is 45.0 Å². The van der Waals surface area contributed by atoms with Crippen molar-refractivity contribution in [1.29, 1.82) is 0 Å². The van der Waals surface area contributed by atoms with Crippen LogP contribution in [0.4, 0.5) is 0 Å². The van der Waals surface area contributed by atoms with Gasteiger partial charge in [-0.3, -0.25) is 0 Å². The highest BCUT2D eigenvalue weighted by atomic mass is 32.1. The summed E-state index contributed by atoms with van der Waals surface area (Å²) in [6.45, 7) is 6.67. The molecule has 0 spiro atoms. The summed E-state index contributed by atoms with van der Waals surface area (Å²) in [4.78, 5) is 4.82. The number of thiazole rings is 1. The van der Waals surface area contributed by atoms with Crippen LogP contribution in [0.15, 0.2) is 29.6 Å². The molecular weight excluding hydrogens is 226 g/mol. The van der Waals surface area contributed by atoms with Crippen LogP contribution >= 0.6 is 11.3 Å². The number of hydrogen-bond donors (Lipinski definition) is 0. The van der Waals surface area contributed by atoms with E-state index in [9.17, 15) is 0 Å². The third-order valence-corrected chi connectivity index (χ3v) is 4.40. The van der Waals surface area contributed by atoms with Gasteiger partial charge < -0.3 is 0 Å². The first-order valence-electron chi connectivity index (χ1n) is 6.09. The normalized spacial score (nSPS) is 18.6. The zero-order valence-electron chi connectivity index (χ0n) is 10.5. The Bertz CT molecular complexity index is 548. The van der Waals surface area contributed by atoms with E-state index in [-0.39, 0.29) is 5.41 Å². The summed E-state index contributed by atoms with van der Waals surface area (Å²) in [5.41, 5.74) is 4.35. The summed E-state index contributed by atoms with van der Waals surface area (Å²) in [7, 11) is 0. The summed E-state index contributed by atoms with van der Waals surface area (Å²) in [6.07, 6.45) is 1.16. The molecule has 0 fully saturated rings. The molecule has 2 aromatic rings. The number of rotatable bonds is 1. The van der Waals surface area contributed by atoms with Gasteiger partial charge in [-0.15, -0.1) is 11.3 Å². The third kappa shape index (κ3) is 1.81. The molecule has 0 bridgehead atoms. The van der Waals surface area contributed by atoms with E-state index in [1.54, 1.807) is 0 Å². The second kappa shape index (κ2) is 3.67. The van der Waals surface area contributed by atoms with E-state index in [1.807, 2.05) is 11.3 Å². The van der Waals surface area contributed by atoms with Gasteiger partial charge >= 0.3 is 0 Å². The van der Waals surface area contributed by atoms with Gasteiger partial charge in [0.25, 0.3) is 0 Å². The van der Waals surface area contributed by atoms with E-state index in [0.717, 1.165) is 6.42 Å². The monoisotopic (exact) mass is 243 g/mol. The fraction of sp³-hybridized carbons (Fsp3) is 0.400. The number of hydrogen-bond acceptors (Lipinski definition) is 2. The minimum absolute atomic E-state index is 0.165. The van der Waals surface area contributed by atoms with E-state index in [4.69, 9.17) is 4.98 Å². The number of benzene rings is 1. The molecule has 1 nitrogen and oxygen atoms in total. The minimum Gasteiger partial charge on any atom is -0.245 e. The fourth-order valence-electron chi connectivity index (χ4n) is 2.27. The lowest BCUT2D eigenvalue weighted by Crippen LogP contribution is -2.18. The van der Waals surface area contributed by atoms with Gasteiger partial charge in [-0.2, -0.15) is 0 Å². The minimum atomic E-state index is 0.165. The second-order valence-electron chi connectivity index (χ2n) is 5.78. The Hall–Kier alpha value is -1.15. The zero-order valence-corrected chi connectivity index (χ0v) is 11.3. The zero-order chi connectivity index (χ0) is 12.0. The Morgan fingerprint density at radius 2 is 2.00 bits per heavy atom. The molecule has 0 saturated heterocycles. The lowest BCUT2D eigenvalue weighted by Gasteiger charge is -2.28. The molecule has 0 aliphatic heterocycles. The first kappa shape index (κ1) is 11.0. The molecule has 2 heteroatoms. The van der Waals surface area contributed by atoms with E-state index >= 15 is 0 Å².